The van der Waals surface area contributed by atoms with Crippen LogP contribution in [0.5, 0.6) is 5.75 Å². The van der Waals surface area contributed by atoms with Crippen molar-refractivity contribution in [3.63, 3.8) is 0 Å². The van der Waals surface area contributed by atoms with Crippen molar-refractivity contribution < 1.29 is 15.6 Å². The number of phenolic OH excluding ortho intramolecular Hbond substituents is 1. The number of nitrogens with one attached hydrogen (secondary N) is 2. The number of halogens is 1. The maximum atomic E-state index is 12.9. The Morgan fingerprint density at radius 2 is 1.20 bits per heavy atom. The molecule has 3 aromatic carbocycles. The number of hydrogen-bond acceptors (Lipinski definition) is 12. The molecule has 2 fully saturated rings. The molecule has 4 aromatic rings. The van der Waals surface area contributed by atoms with Gasteiger partial charge in [0.2, 0.25) is 17.8 Å². The maximum absolute atomic E-state index is 12.9. The maximum Gasteiger partial charge on any atom is 0.259 e. The van der Waals surface area contributed by atoms with E-state index in [1.165, 1.54) is 12.8 Å². The quantitative estimate of drug-likeness (QED) is 0.107. The Bertz CT molecular complexity index is 1460. The summed E-state index contributed by atoms with van der Waals surface area (Å²) in [6, 6.07) is 18.3. The molecule has 2 aliphatic heterocycles. The van der Waals surface area contributed by atoms with Crippen LogP contribution in [-0.2, 0) is 0 Å². The van der Waals surface area contributed by atoms with Crippen LogP contribution in [0.3, 0.4) is 0 Å². The lowest BCUT2D eigenvalue weighted by atomic mass is 10.0. The van der Waals surface area contributed by atoms with E-state index in [1.807, 2.05) is 48.5 Å². The molecule has 0 bridgehead atoms. The lowest BCUT2D eigenvalue weighted by Crippen LogP contribution is -2.34. The number of nitrogens with zero attached hydrogens (tertiary/aromatic N) is 5. The minimum atomic E-state index is -0.367. The first-order chi connectivity index (χ1) is 19.1. The number of fused-ring (bicyclic) bond motifs is 1. The predicted molar refractivity (Wildman–Crippen MR) is 191 cm³/mol. The van der Waals surface area contributed by atoms with Crippen molar-refractivity contribution >= 4 is 58.3 Å². The molecule has 0 spiro atoms. The van der Waals surface area contributed by atoms with Gasteiger partial charge in [0.1, 0.15) is 5.75 Å². The van der Waals surface area contributed by atoms with Crippen LogP contribution in [0.2, 0.25) is 0 Å². The molecule has 248 valence electrons. The second-order valence-corrected chi connectivity index (χ2v) is 10.2. The summed E-state index contributed by atoms with van der Waals surface area (Å²) in [4.78, 5) is 31.8. The van der Waals surface area contributed by atoms with E-state index in [4.69, 9.17) is 15.0 Å². The third kappa shape index (κ3) is 8.42. The standard InChI is InChI=1S/C30H33N7O2.ClH.4H3N.4H2/c38-26-24-10-4-3-9-21(24)11-16-25(26)27(39)31-22-12-14-23(15-13-22)32-28-33-29(36-17-5-1-6-18-36)35-30(34-28)37-19-7-2-8-20-37;;;;;;;;;/h3-4,9-16,38H,1-2,5-8,17-20H2,(H,31,39)(H,32,33,34,35);1H;4*1H3;4*1H. The Morgan fingerprint density at radius 1 is 0.682 bits per heavy atom. The van der Waals surface area contributed by atoms with Gasteiger partial charge in [0, 0.05) is 48.6 Å². The average Bonchev–Trinajstić information content (AvgIpc) is 2.99. The molecule has 0 unspecified atom stereocenters. The summed E-state index contributed by atoms with van der Waals surface area (Å²) in [6.45, 7) is 3.85. The van der Waals surface area contributed by atoms with Crippen molar-refractivity contribution in [1.29, 1.82) is 0 Å². The molecular formula is C30H54ClN11O2. The van der Waals surface area contributed by atoms with Crippen molar-refractivity contribution in [2.45, 2.75) is 38.5 Å². The Morgan fingerprint density at radius 3 is 1.77 bits per heavy atom. The van der Waals surface area contributed by atoms with Crippen molar-refractivity contribution in [1.82, 2.24) is 39.6 Å². The molecule has 0 saturated carbocycles. The highest BCUT2D eigenvalue weighted by atomic mass is 35.5. The molecule has 2 aliphatic rings. The second-order valence-electron chi connectivity index (χ2n) is 10.2. The van der Waals surface area contributed by atoms with E-state index >= 15 is 0 Å². The van der Waals surface area contributed by atoms with Crippen LogP contribution in [0.25, 0.3) is 10.8 Å². The second kappa shape index (κ2) is 17.1. The van der Waals surface area contributed by atoms with E-state index in [1.54, 1.807) is 12.1 Å². The number of aromatic nitrogens is 3. The van der Waals surface area contributed by atoms with Gasteiger partial charge < -0.3 is 50.1 Å². The van der Waals surface area contributed by atoms with Gasteiger partial charge in [-0.05, 0) is 74.2 Å². The molecule has 2 saturated heterocycles. The molecule has 0 atom stereocenters. The summed E-state index contributed by atoms with van der Waals surface area (Å²) < 4.78 is 0. The number of aromatic hydroxyl groups is 1. The van der Waals surface area contributed by atoms with Crippen molar-refractivity contribution in [2.24, 2.45) is 0 Å². The minimum absolute atomic E-state index is 0. The molecule has 0 radical (unpaired) electrons. The van der Waals surface area contributed by atoms with Crippen molar-refractivity contribution in [2.75, 3.05) is 46.6 Å². The number of benzene rings is 3. The molecule has 0 aliphatic carbocycles. The van der Waals surface area contributed by atoms with Crippen LogP contribution in [0.15, 0.2) is 60.7 Å². The summed E-state index contributed by atoms with van der Waals surface area (Å²) in [7, 11) is 0. The Hall–Kier alpha value is -4.27. The number of piperidine rings is 2. The van der Waals surface area contributed by atoms with E-state index in [-0.39, 0.29) is 59.9 Å². The first kappa shape index (κ1) is 37.8. The lowest BCUT2D eigenvalue weighted by molar-refractivity contribution is 0.102. The molecule has 3 heterocycles. The van der Waals surface area contributed by atoms with Gasteiger partial charge in [-0.25, -0.2) is 0 Å². The topological polar surface area (TPSA) is 247 Å². The zero-order chi connectivity index (χ0) is 26.6. The van der Waals surface area contributed by atoms with Gasteiger partial charge in [-0.1, -0.05) is 30.3 Å². The molecule has 14 heteroatoms. The van der Waals surface area contributed by atoms with Crippen molar-refractivity contribution in [3.05, 3.63) is 66.2 Å². The van der Waals surface area contributed by atoms with Crippen LogP contribution in [-0.4, -0.2) is 52.1 Å². The summed E-state index contributed by atoms with van der Waals surface area (Å²) in [5, 5.41) is 18.4. The summed E-state index contributed by atoms with van der Waals surface area (Å²) in [5.41, 5.74) is 1.66. The zero-order valence-electron chi connectivity index (χ0n) is 25.2. The molecule has 13 nitrogen and oxygen atoms in total. The third-order valence-electron chi connectivity index (χ3n) is 7.43. The predicted octanol–water partition coefficient (Wildman–Crippen LogP) is 7.76. The number of rotatable bonds is 6. The third-order valence-corrected chi connectivity index (χ3v) is 7.43. The Balaban J connectivity index is -0.00000108. The number of amides is 1. The van der Waals surface area contributed by atoms with Crippen LogP contribution >= 0.6 is 12.4 Å². The smallest absolute Gasteiger partial charge is 0.259 e. The van der Waals surface area contributed by atoms with E-state index < -0.39 is 0 Å². The van der Waals surface area contributed by atoms with Gasteiger partial charge in [-0.2, -0.15) is 15.0 Å². The molecule has 44 heavy (non-hydrogen) atoms. The average molecular weight is 636 g/mol. The largest absolute Gasteiger partial charge is 0.506 e. The normalized spacial score (nSPS) is 14.0. The fraction of sp³-hybridized carbons (Fsp3) is 0.333. The number of hydrogen-bond donors (Lipinski definition) is 7. The fourth-order valence-electron chi connectivity index (χ4n) is 5.28. The van der Waals surface area contributed by atoms with Gasteiger partial charge in [0.25, 0.3) is 5.91 Å². The van der Waals surface area contributed by atoms with Gasteiger partial charge >= 0.3 is 0 Å². The highest BCUT2D eigenvalue weighted by molar-refractivity contribution is 6.09. The Labute approximate surface area is 270 Å². The van der Waals surface area contributed by atoms with Gasteiger partial charge in [-0.15, -0.1) is 12.4 Å². The van der Waals surface area contributed by atoms with E-state index in [2.05, 4.69) is 20.4 Å². The van der Waals surface area contributed by atoms with Crippen LogP contribution < -0.4 is 45.0 Å². The van der Waals surface area contributed by atoms with Crippen LogP contribution in [0.1, 0.15) is 54.6 Å². The zero-order valence-corrected chi connectivity index (χ0v) is 26.0. The number of carbonyl (C=O) groups is 1. The van der Waals surface area contributed by atoms with E-state index in [0.717, 1.165) is 74.8 Å². The molecule has 1 amide bonds. The highest BCUT2D eigenvalue weighted by Crippen LogP contribution is 2.30. The molecular weight excluding hydrogens is 582 g/mol. The number of anilines is 5. The van der Waals surface area contributed by atoms with E-state index in [9.17, 15) is 9.90 Å². The first-order valence-corrected chi connectivity index (χ1v) is 13.8. The SMILES string of the molecule is Cl.N.N.N.N.O=C(Nc1ccc(Nc2nc(N3CCCCC3)nc(N3CCCCC3)n2)cc1)c1ccc2ccccc2c1O.[HH].[HH].[HH].[HH]. The fourth-order valence-corrected chi connectivity index (χ4v) is 5.28. The van der Waals surface area contributed by atoms with Crippen molar-refractivity contribution in [3.8, 4) is 5.75 Å². The van der Waals surface area contributed by atoms with E-state index in [0.29, 0.717) is 17.0 Å². The highest BCUT2D eigenvalue weighted by Gasteiger charge is 2.20. The summed E-state index contributed by atoms with van der Waals surface area (Å²) in [5.74, 6) is 1.59. The summed E-state index contributed by atoms with van der Waals surface area (Å²) in [6.07, 6.45) is 7.09. The molecule has 6 rings (SSSR count). The number of phenols is 1. The molecule has 1 aromatic heterocycles. The van der Waals surface area contributed by atoms with Gasteiger partial charge in [0.15, 0.2) is 0 Å². The van der Waals surface area contributed by atoms with Crippen LogP contribution in [0, 0.1) is 0 Å². The van der Waals surface area contributed by atoms with Crippen LogP contribution in [0.4, 0.5) is 29.2 Å². The number of carbonyl (C=O) groups excluding carboxylic acids is 1. The summed E-state index contributed by atoms with van der Waals surface area (Å²) >= 11 is 0. The molecule has 15 N–H and O–H groups in total. The first-order valence-electron chi connectivity index (χ1n) is 13.8. The lowest BCUT2D eigenvalue weighted by Gasteiger charge is -2.30. The van der Waals surface area contributed by atoms with Gasteiger partial charge in [-0.3, -0.25) is 4.79 Å². The monoisotopic (exact) mass is 635 g/mol. The van der Waals surface area contributed by atoms with Gasteiger partial charge in [0.05, 0.1) is 5.56 Å². The minimum Gasteiger partial charge on any atom is -0.506 e. The Kier molecular flexibility index (Phi) is 14.7.